The van der Waals surface area contributed by atoms with Crippen LogP contribution in [0.5, 0.6) is 0 Å². The molecule has 2 aromatic rings. The maximum absolute atomic E-state index is 5.00. The second-order valence-corrected chi connectivity index (χ2v) is 3.65. The van der Waals surface area contributed by atoms with Crippen molar-refractivity contribution in [3.8, 4) is 11.3 Å². The highest BCUT2D eigenvalue weighted by atomic mass is 16.3. The topological polar surface area (TPSA) is 38.9 Å². The van der Waals surface area contributed by atoms with Gasteiger partial charge in [0.2, 0.25) is 0 Å². The van der Waals surface area contributed by atoms with E-state index >= 15 is 0 Å². The van der Waals surface area contributed by atoms with E-state index in [9.17, 15) is 0 Å². The molecule has 0 N–H and O–H groups in total. The number of rotatable bonds is 3. The Morgan fingerprint density at radius 3 is 2.73 bits per heavy atom. The summed E-state index contributed by atoms with van der Waals surface area (Å²) in [4.78, 5) is 8.77. The molecule has 0 aliphatic rings. The van der Waals surface area contributed by atoms with Crippen molar-refractivity contribution in [1.29, 1.82) is 0 Å². The fourth-order valence-corrected chi connectivity index (χ4v) is 1.36. The van der Waals surface area contributed by atoms with Gasteiger partial charge in [0.1, 0.15) is 0 Å². The summed E-state index contributed by atoms with van der Waals surface area (Å²) in [6, 6.07) is 1.88. The van der Waals surface area contributed by atoms with E-state index in [4.69, 9.17) is 4.42 Å². The van der Waals surface area contributed by atoms with Gasteiger partial charge in [0.05, 0.1) is 30.1 Å². The summed E-state index contributed by atoms with van der Waals surface area (Å²) in [5.74, 6) is 0.468. The Kier molecular flexibility index (Phi) is 2.81. The minimum Gasteiger partial charge on any atom is -0.472 e. The number of hydrogen-bond acceptors (Lipinski definition) is 3. The zero-order valence-corrected chi connectivity index (χ0v) is 8.97. The highest BCUT2D eigenvalue weighted by molar-refractivity contribution is 5.55. The Hall–Kier alpha value is -1.64. The number of hydrogen-bond donors (Lipinski definition) is 0. The van der Waals surface area contributed by atoms with E-state index < -0.39 is 0 Å². The molecule has 0 saturated carbocycles. The van der Waals surface area contributed by atoms with Crippen LogP contribution in [0.3, 0.4) is 0 Å². The summed E-state index contributed by atoms with van der Waals surface area (Å²) in [6.07, 6.45) is 8.04. The van der Waals surface area contributed by atoms with Gasteiger partial charge >= 0.3 is 0 Å². The molecule has 0 radical (unpaired) electrons. The lowest BCUT2D eigenvalue weighted by atomic mass is 10.1. The van der Waals surface area contributed by atoms with Crippen LogP contribution in [0.1, 0.15) is 31.9 Å². The highest BCUT2D eigenvalue weighted by Gasteiger charge is 2.06. The molecule has 0 bridgehead atoms. The Bertz CT molecular complexity index is 406. The highest BCUT2D eigenvalue weighted by Crippen LogP contribution is 2.19. The smallest absolute Gasteiger partial charge is 0.0997 e. The summed E-state index contributed by atoms with van der Waals surface area (Å²) in [6.45, 7) is 4.30. The van der Waals surface area contributed by atoms with Gasteiger partial charge < -0.3 is 4.42 Å². The lowest BCUT2D eigenvalue weighted by Gasteiger charge is -2.06. The fourth-order valence-electron chi connectivity index (χ4n) is 1.36. The first-order valence-corrected chi connectivity index (χ1v) is 5.15. The van der Waals surface area contributed by atoms with Crippen LogP contribution < -0.4 is 0 Å². The Morgan fingerprint density at radius 2 is 2.20 bits per heavy atom. The molecule has 0 saturated heterocycles. The van der Waals surface area contributed by atoms with E-state index in [1.165, 1.54) is 0 Å². The predicted octanol–water partition coefficient (Wildman–Crippen LogP) is 3.25. The van der Waals surface area contributed by atoms with E-state index in [1.54, 1.807) is 18.7 Å². The number of nitrogens with zero attached hydrogens (tertiary/aromatic N) is 2. The number of aromatic nitrogens is 2. The molecule has 1 atom stereocenters. The molecule has 2 aromatic heterocycles. The van der Waals surface area contributed by atoms with Crippen molar-refractivity contribution in [2.45, 2.75) is 26.2 Å². The van der Waals surface area contributed by atoms with Crippen LogP contribution in [0, 0.1) is 0 Å². The van der Waals surface area contributed by atoms with Crippen molar-refractivity contribution in [2.24, 2.45) is 0 Å². The third-order valence-electron chi connectivity index (χ3n) is 2.61. The quantitative estimate of drug-likeness (QED) is 0.766. The fraction of sp³-hybridized carbons (Fsp3) is 0.333. The van der Waals surface area contributed by atoms with E-state index in [1.807, 2.05) is 12.3 Å². The van der Waals surface area contributed by atoms with Gasteiger partial charge in [-0.05, 0) is 18.4 Å². The Morgan fingerprint density at radius 1 is 1.33 bits per heavy atom. The molecule has 3 heteroatoms. The lowest BCUT2D eigenvalue weighted by Crippen LogP contribution is -1.97. The minimum atomic E-state index is 0.468. The normalized spacial score (nSPS) is 12.7. The standard InChI is InChI=1S/C12H14N2O/c1-3-9(2)11-6-14-12(7-13-11)10-4-5-15-8-10/h4-9H,3H2,1-2H3. The van der Waals surface area contributed by atoms with Gasteiger partial charge in [0.15, 0.2) is 0 Å². The first-order chi connectivity index (χ1) is 7.31. The van der Waals surface area contributed by atoms with Gasteiger partial charge in [-0.2, -0.15) is 0 Å². The zero-order chi connectivity index (χ0) is 10.7. The monoisotopic (exact) mass is 202 g/mol. The van der Waals surface area contributed by atoms with Crippen LogP contribution in [-0.4, -0.2) is 9.97 Å². The van der Waals surface area contributed by atoms with Crippen molar-refractivity contribution in [1.82, 2.24) is 9.97 Å². The van der Waals surface area contributed by atoms with Crippen LogP contribution >= 0.6 is 0 Å². The van der Waals surface area contributed by atoms with Gasteiger partial charge in [0.25, 0.3) is 0 Å². The Balaban J connectivity index is 2.25. The Labute approximate surface area is 89.2 Å². The maximum Gasteiger partial charge on any atom is 0.0997 e. The van der Waals surface area contributed by atoms with Crippen LogP contribution in [0.2, 0.25) is 0 Å². The van der Waals surface area contributed by atoms with E-state index in [0.717, 1.165) is 23.4 Å². The molecular formula is C12H14N2O. The average Bonchev–Trinajstić information content (AvgIpc) is 2.82. The van der Waals surface area contributed by atoms with E-state index in [2.05, 4.69) is 23.8 Å². The maximum atomic E-state index is 5.00. The number of furan rings is 1. The molecule has 0 fully saturated rings. The predicted molar refractivity (Wildman–Crippen MR) is 58.4 cm³/mol. The lowest BCUT2D eigenvalue weighted by molar-refractivity contribution is 0.568. The van der Waals surface area contributed by atoms with Crippen molar-refractivity contribution in [2.75, 3.05) is 0 Å². The van der Waals surface area contributed by atoms with Crippen molar-refractivity contribution in [3.05, 3.63) is 36.7 Å². The van der Waals surface area contributed by atoms with Crippen molar-refractivity contribution in [3.63, 3.8) is 0 Å². The zero-order valence-electron chi connectivity index (χ0n) is 8.97. The first-order valence-electron chi connectivity index (χ1n) is 5.15. The van der Waals surface area contributed by atoms with Crippen molar-refractivity contribution >= 4 is 0 Å². The van der Waals surface area contributed by atoms with Gasteiger partial charge in [-0.1, -0.05) is 13.8 Å². The molecule has 0 aliphatic heterocycles. The van der Waals surface area contributed by atoms with Crippen LogP contribution in [0.4, 0.5) is 0 Å². The van der Waals surface area contributed by atoms with E-state index in [-0.39, 0.29) is 0 Å². The molecule has 78 valence electrons. The van der Waals surface area contributed by atoms with Gasteiger partial charge in [0, 0.05) is 11.8 Å². The summed E-state index contributed by atoms with van der Waals surface area (Å²) in [7, 11) is 0. The summed E-state index contributed by atoms with van der Waals surface area (Å²) in [5.41, 5.74) is 2.87. The van der Waals surface area contributed by atoms with Gasteiger partial charge in [-0.15, -0.1) is 0 Å². The summed E-state index contributed by atoms with van der Waals surface area (Å²) < 4.78 is 5.00. The van der Waals surface area contributed by atoms with Gasteiger partial charge in [-0.25, -0.2) is 0 Å². The van der Waals surface area contributed by atoms with Gasteiger partial charge in [-0.3, -0.25) is 9.97 Å². The molecule has 2 rings (SSSR count). The summed E-state index contributed by atoms with van der Waals surface area (Å²) in [5, 5.41) is 0. The molecule has 3 nitrogen and oxygen atoms in total. The van der Waals surface area contributed by atoms with Crippen LogP contribution in [-0.2, 0) is 0 Å². The molecule has 2 heterocycles. The second-order valence-electron chi connectivity index (χ2n) is 3.65. The minimum absolute atomic E-state index is 0.468. The van der Waals surface area contributed by atoms with E-state index in [0.29, 0.717) is 5.92 Å². The first kappa shape index (κ1) is 9.90. The average molecular weight is 202 g/mol. The molecule has 0 spiro atoms. The summed E-state index contributed by atoms with van der Waals surface area (Å²) >= 11 is 0. The third-order valence-corrected chi connectivity index (χ3v) is 2.61. The third kappa shape index (κ3) is 2.06. The largest absolute Gasteiger partial charge is 0.472 e. The van der Waals surface area contributed by atoms with Crippen LogP contribution in [0.15, 0.2) is 35.4 Å². The molecule has 15 heavy (non-hydrogen) atoms. The second kappa shape index (κ2) is 4.26. The molecule has 0 aliphatic carbocycles. The van der Waals surface area contributed by atoms with Crippen LogP contribution in [0.25, 0.3) is 11.3 Å². The molecule has 1 unspecified atom stereocenters. The molecule has 0 amide bonds. The SMILES string of the molecule is CCC(C)c1cnc(-c2ccoc2)cn1. The molecule has 0 aromatic carbocycles. The molecular weight excluding hydrogens is 188 g/mol. The van der Waals surface area contributed by atoms with Crippen molar-refractivity contribution < 1.29 is 4.42 Å².